The second-order valence-electron chi connectivity index (χ2n) is 6.05. The van der Waals surface area contributed by atoms with Gasteiger partial charge in [-0.2, -0.15) is 0 Å². The van der Waals surface area contributed by atoms with Crippen molar-refractivity contribution < 1.29 is 8.95 Å². The van der Waals surface area contributed by atoms with Crippen molar-refractivity contribution in [3.63, 3.8) is 0 Å². The Kier molecular flexibility index (Phi) is 3.88. The predicted octanol–water partition coefficient (Wildman–Crippen LogP) is 3.15. The van der Waals surface area contributed by atoms with Gasteiger partial charge < -0.3 is 9.72 Å². The van der Waals surface area contributed by atoms with E-state index in [2.05, 4.69) is 19.9 Å². The van der Waals surface area contributed by atoms with Crippen molar-refractivity contribution in [3.8, 4) is 5.75 Å². The van der Waals surface area contributed by atoms with Gasteiger partial charge in [0.2, 0.25) is 0 Å². The molecule has 1 aromatic carbocycles. The molecule has 0 saturated heterocycles. The summed E-state index contributed by atoms with van der Waals surface area (Å²) in [6.07, 6.45) is 4.39. The van der Waals surface area contributed by atoms with Crippen molar-refractivity contribution in [1.29, 1.82) is 0 Å². The van der Waals surface area contributed by atoms with Gasteiger partial charge in [0, 0.05) is 35.5 Å². The van der Waals surface area contributed by atoms with Crippen molar-refractivity contribution in [2.45, 2.75) is 31.2 Å². The minimum absolute atomic E-state index is 0.293. The fourth-order valence-corrected chi connectivity index (χ4v) is 4.27. The zero-order chi connectivity index (χ0) is 17.6. The van der Waals surface area contributed by atoms with E-state index in [0.717, 1.165) is 51.3 Å². The van der Waals surface area contributed by atoms with Gasteiger partial charge in [-0.05, 0) is 26.0 Å². The molecule has 0 saturated carbocycles. The minimum Gasteiger partial charge on any atom is -0.496 e. The van der Waals surface area contributed by atoms with Crippen LogP contribution in [0.3, 0.4) is 0 Å². The lowest BCUT2D eigenvalue weighted by molar-refractivity contribution is 0.407. The summed E-state index contributed by atoms with van der Waals surface area (Å²) in [6, 6.07) is 3.89. The van der Waals surface area contributed by atoms with Gasteiger partial charge >= 0.3 is 0 Å². The number of nitrogens with one attached hydrogen (secondary N) is 1. The largest absolute Gasteiger partial charge is 0.496 e. The van der Waals surface area contributed by atoms with Crippen molar-refractivity contribution in [1.82, 2.24) is 15.0 Å². The number of nitrogens with zero attached hydrogens (tertiary/aromatic N) is 3. The van der Waals surface area contributed by atoms with Crippen LogP contribution < -0.4 is 4.74 Å². The van der Waals surface area contributed by atoms with Gasteiger partial charge in [-0.1, -0.05) is 0 Å². The maximum Gasteiger partial charge on any atom is 0.197 e. The van der Waals surface area contributed by atoms with E-state index in [1.165, 1.54) is 0 Å². The van der Waals surface area contributed by atoms with Crippen LogP contribution in [0.2, 0.25) is 0 Å². The number of hydrogen-bond acceptors (Lipinski definition) is 5. The van der Waals surface area contributed by atoms with Crippen molar-refractivity contribution in [2.75, 3.05) is 7.11 Å². The molecule has 0 amide bonds. The van der Waals surface area contributed by atoms with Gasteiger partial charge in [0.25, 0.3) is 0 Å². The molecular weight excluding hydrogens is 336 g/mol. The molecule has 2 aromatic heterocycles. The Morgan fingerprint density at radius 2 is 2.16 bits per heavy atom. The molecule has 1 aliphatic heterocycles. The number of H-pyrrole nitrogens is 1. The molecule has 0 fully saturated rings. The molecule has 25 heavy (non-hydrogen) atoms. The Labute approximate surface area is 147 Å². The number of ether oxygens (including phenoxy) is 1. The van der Waals surface area contributed by atoms with Crippen LogP contribution >= 0.6 is 0 Å². The molecule has 128 valence electrons. The summed E-state index contributed by atoms with van der Waals surface area (Å²) >= 11 is 0. The molecule has 1 unspecified atom stereocenters. The van der Waals surface area contributed by atoms with Crippen LogP contribution in [0.5, 0.6) is 5.75 Å². The molecule has 4 rings (SSSR count). The van der Waals surface area contributed by atoms with Crippen LogP contribution in [0.15, 0.2) is 28.5 Å². The van der Waals surface area contributed by atoms with E-state index in [4.69, 9.17) is 4.74 Å². The van der Waals surface area contributed by atoms with Crippen molar-refractivity contribution in [3.05, 3.63) is 40.7 Å². The monoisotopic (exact) mass is 354 g/mol. The molecule has 0 radical (unpaired) electrons. The quantitative estimate of drug-likeness (QED) is 0.780. The lowest BCUT2D eigenvalue weighted by Crippen LogP contribution is -2.05. The molecule has 0 aliphatic carbocycles. The van der Waals surface area contributed by atoms with Crippen molar-refractivity contribution in [2.24, 2.45) is 4.99 Å². The summed E-state index contributed by atoms with van der Waals surface area (Å²) in [7, 11) is 0.321. The first kappa shape index (κ1) is 16.0. The van der Waals surface area contributed by atoms with E-state index in [-0.39, 0.29) is 0 Å². The lowest BCUT2D eigenvalue weighted by Gasteiger charge is -2.11. The fourth-order valence-electron chi connectivity index (χ4n) is 3.17. The molecule has 1 N–H and O–H groups in total. The number of methoxy groups -OCH3 is 1. The highest BCUT2D eigenvalue weighted by Gasteiger charge is 2.19. The smallest absolute Gasteiger partial charge is 0.197 e. The maximum atomic E-state index is 12.8. The molecule has 1 aliphatic rings. The molecule has 3 heterocycles. The zero-order valence-electron chi connectivity index (χ0n) is 14.3. The summed E-state index contributed by atoms with van der Waals surface area (Å²) in [5.41, 5.74) is 6.41. The van der Waals surface area contributed by atoms with E-state index in [1.54, 1.807) is 13.3 Å². The van der Waals surface area contributed by atoms with Gasteiger partial charge in [0.15, 0.2) is 5.16 Å². The Balaban J connectivity index is 1.67. The highest BCUT2D eigenvalue weighted by atomic mass is 32.2. The molecule has 1 atom stereocenters. The Morgan fingerprint density at radius 1 is 1.32 bits per heavy atom. The van der Waals surface area contributed by atoms with Gasteiger partial charge in [0.1, 0.15) is 5.75 Å². The van der Waals surface area contributed by atoms with Crippen LogP contribution in [0, 0.1) is 13.8 Å². The SMILES string of the molecule is COc1c(C)cnc(CS(=O)c2nc3c4c(ccc3[nH]2)N=CC4)c1C. The van der Waals surface area contributed by atoms with Crippen LogP contribution in [0.1, 0.15) is 22.4 Å². The number of benzene rings is 1. The number of fused-ring (bicyclic) bond motifs is 3. The average Bonchev–Trinajstić information content (AvgIpc) is 3.23. The van der Waals surface area contributed by atoms with Gasteiger partial charge in [-0.15, -0.1) is 0 Å². The third-order valence-electron chi connectivity index (χ3n) is 4.47. The lowest BCUT2D eigenvalue weighted by atomic mass is 10.1. The highest BCUT2D eigenvalue weighted by molar-refractivity contribution is 7.84. The first-order valence-electron chi connectivity index (χ1n) is 8.00. The van der Waals surface area contributed by atoms with Crippen molar-refractivity contribution >= 4 is 33.7 Å². The predicted molar refractivity (Wildman–Crippen MR) is 98.3 cm³/mol. The maximum absolute atomic E-state index is 12.8. The van der Waals surface area contributed by atoms with Crippen LogP contribution in [0.4, 0.5) is 5.69 Å². The molecule has 0 spiro atoms. The third kappa shape index (κ3) is 2.64. The highest BCUT2D eigenvalue weighted by Crippen LogP contribution is 2.31. The Morgan fingerprint density at radius 3 is 2.96 bits per heavy atom. The van der Waals surface area contributed by atoms with E-state index in [1.807, 2.05) is 32.2 Å². The molecule has 3 aromatic rings. The summed E-state index contributed by atoms with van der Waals surface area (Å²) in [4.78, 5) is 16.5. The van der Waals surface area contributed by atoms with Crippen LogP contribution in [0.25, 0.3) is 11.0 Å². The van der Waals surface area contributed by atoms with E-state index in [0.29, 0.717) is 10.9 Å². The number of imidazole rings is 1. The number of rotatable bonds is 4. The number of hydrogen-bond donors (Lipinski definition) is 1. The second kappa shape index (κ2) is 6.07. The number of aryl methyl sites for hydroxylation is 1. The number of aromatic amines is 1. The number of pyridine rings is 1. The standard InChI is InChI=1S/C18H18N4O2S/c1-10-8-20-15(11(2)17(10)24-3)9-25(23)18-21-14-5-4-13-12(6-7-19-13)16(14)22-18/h4-5,7-8H,6,9H2,1-3H3,(H,21,22). The van der Waals surface area contributed by atoms with E-state index < -0.39 is 10.8 Å². The van der Waals surface area contributed by atoms with Gasteiger partial charge in [-0.25, -0.2) is 4.98 Å². The normalized spacial score (nSPS) is 14.0. The van der Waals surface area contributed by atoms with Gasteiger partial charge in [0.05, 0.1) is 46.1 Å². The zero-order valence-corrected chi connectivity index (χ0v) is 15.1. The first-order chi connectivity index (χ1) is 12.1. The van der Waals surface area contributed by atoms with E-state index >= 15 is 0 Å². The Bertz CT molecular complexity index is 1040. The first-order valence-corrected chi connectivity index (χ1v) is 9.32. The minimum atomic E-state index is -1.32. The molecule has 0 bridgehead atoms. The number of aliphatic imine (C=N–C) groups is 1. The van der Waals surface area contributed by atoms with Crippen LogP contribution in [-0.2, 0) is 23.0 Å². The topological polar surface area (TPSA) is 80.2 Å². The summed E-state index contributed by atoms with van der Waals surface area (Å²) in [5.74, 6) is 1.09. The fraction of sp³-hybridized carbons (Fsp3) is 0.278. The van der Waals surface area contributed by atoms with Gasteiger partial charge in [-0.3, -0.25) is 14.2 Å². The Hall–Kier alpha value is -2.54. The number of aromatic nitrogens is 3. The molecular formula is C18H18N4O2S. The van der Waals surface area contributed by atoms with E-state index in [9.17, 15) is 4.21 Å². The molecule has 7 heteroatoms. The average molecular weight is 354 g/mol. The summed E-state index contributed by atoms with van der Waals surface area (Å²) in [5, 5.41) is 0.469. The second-order valence-corrected chi connectivity index (χ2v) is 7.42. The van der Waals surface area contributed by atoms with Crippen LogP contribution in [-0.4, -0.2) is 32.5 Å². The molecule has 6 nitrogen and oxygen atoms in total. The summed E-state index contributed by atoms with van der Waals surface area (Å²) in [6.45, 7) is 3.88. The summed E-state index contributed by atoms with van der Waals surface area (Å²) < 4.78 is 18.3. The third-order valence-corrected chi connectivity index (χ3v) is 5.63.